The third kappa shape index (κ3) is 9.95. The lowest BCUT2D eigenvalue weighted by Crippen LogP contribution is -2.47. The normalized spacial score (nSPS) is 18.9. The summed E-state index contributed by atoms with van der Waals surface area (Å²) >= 11 is 0. The van der Waals surface area contributed by atoms with Crippen LogP contribution < -0.4 is 20.7 Å². The Balaban J connectivity index is 0.000000197. The number of amides is 3. The van der Waals surface area contributed by atoms with E-state index < -0.39 is 17.8 Å². The SMILES string of the molecule is CC(C)Oc1cc2nc(C3CCCCC3)cn2cc1C(=O)Nc1cccc(C(F)(F)F)n1.CN1CCC(c2cccc(NC3CCC(=O)NC3=O)c2)CC1. The van der Waals surface area contributed by atoms with Crippen LogP contribution in [0.4, 0.5) is 24.7 Å². The highest BCUT2D eigenvalue weighted by atomic mass is 19.4. The Morgan fingerprint density at radius 3 is 2.37 bits per heavy atom. The topological polar surface area (TPSA) is 130 Å². The molecule has 288 valence electrons. The van der Waals surface area contributed by atoms with Gasteiger partial charge in [-0.05, 0) is 102 Å². The van der Waals surface area contributed by atoms with E-state index in [4.69, 9.17) is 9.72 Å². The molecule has 0 bridgehead atoms. The van der Waals surface area contributed by atoms with Gasteiger partial charge < -0.3 is 24.7 Å². The molecule has 4 aromatic rings. The number of likely N-dealkylation sites (tertiary alicyclic amines) is 1. The number of carbonyl (C=O) groups excluding carboxylic acids is 3. The van der Waals surface area contributed by atoms with Gasteiger partial charge in [0.15, 0.2) is 0 Å². The average Bonchev–Trinajstić information content (AvgIpc) is 3.56. The van der Waals surface area contributed by atoms with Crippen molar-refractivity contribution in [2.24, 2.45) is 0 Å². The summed E-state index contributed by atoms with van der Waals surface area (Å²) in [5, 5.41) is 8.11. The fraction of sp³-hybridized carbons (Fsp3) is 0.475. The molecule has 3 N–H and O–H groups in total. The van der Waals surface area contributed by atoms with Gasteiger partial charge in [-0.25, -0.2) is 9.97 Å². The summed E-state index contributed by atoms with van der Waals surface area (Å²) in [4.78, 5) is 46.6. The quantitative estimate of drug-likeness (QED) is 0.158. The molecule has 11 nitrogen and oxygen atoms in total. The number of imidazole rings is 1. The fourth-order valence-corrected chi connectivity index (χ4v) is 7.26. The van der Waals surface area contributed by atoms with Gasteiger partial charge in [0.05, 0.1) is 17.4 Å². The number of nitrogens with one attached hydrogen (secondary N) is 3. The number of pyridine rings is 2. The van der Waals surface area contributed by atoms with E-state index >= 15 is 0 Å². The Kier molecular flexibility index (Phi) is 12.2. The average molecular weight is 748 g/mol. The predicted molar refractivity (Wildman–Crippen MR) is 200 cm³/mol. The van der Waals surface area contributed by atoms with Gasteiger partial charge in [-0.2, -0.15) is 13.2 Å². The van der Waals surface area contributed by atoms with Crippen molar-refractivity contribution in [1.82, 2.24) is 24.6 Å². The number of carbonyl (C=O) groups is 3. The molecule has 1 aliphatic carbocycles. The zero-order valence-corrected chi connectivity index (χ0v) is 30.9. The molecular weight excluding hydrogens is 699 g/mol. The molecule has 2 aliphatic heterocycles. The second-order valence-corrected chi connectivity index (χ2v) is 14.7. The molecule has 0 spiro atoms. The van der Waals surface area contributed by atoms with Crippen LogP contribution in [-0.2, 0) is 15.8 Å². The molecule has 7 rings (SSSR count). The van der Waals surface area contributed by atoms with Crippen molar-refractivity contribution in [3.05, 3.63) is 83.4 Å². The number of hydrogen-bond acceptors (Lipinski definition) is 8. The molecule has 3 aromatic heterocycles. The van der Waals surface area contributed by atoms with Gasteiger partial charge in [0.25, 0.3) is 5.91 Å². The van der Waals surface area contributed by atoms with E-state index in [2.05, 4.69) is 45.0 Å². The first-order valence-electron chi connectivity index (χ1n) is 18.8. The van der Waals surface area contributed by atoms with Crippen molar-refractivity contribution in [3.63, 3.8) is 0 Å². The second kappa shape index (κ2) is 17.0. The van der Waals surface area contributed by atoms with Crippen molar-refractivity contribution in [2.45, 2.75) is 102 Å². The van der Waals surface area contributed by atoms with Crippen LogP contribution in [0, 0.1) is 0 Å². The molecule has 5 heterocycles. The third-order valence-corrected chi connectivity index (χ3v) is 10.1. The summed E-state index contributed by atoms with van der Waals surface area (Å²) in [7, 11) is 2.16. The van der Waals surface area contributed by atoms with Crippen LogP contribution >= 0.6 is 0 Å². The molecule has 1 unspecified atom stereocenters. The maximum absolute atomic E-state index is 13.0. The van der Waals surface area contributed by atoms with Crippen LogP contribution in [0.1, 0.15) is 111 Å². The molecule has 3 aliphatic rings. The number of aromatic nitrogens is 3. The first-order valence-corrected chi connectivity index (χ1v) is 18.8. The maximum atomic E-state index is 13.0. The van der Waals surface area contributed by atoms with Gasteiger partial charge >= 0.3 is 6.18 Å². The van der Waals surface area contributed by atoms with E-state index in [0.717, 1.165) is 43.4 Å². The van der Waals surface area contributed by atoms with Crippen LogP contribution in [0.2, 0.25) is 0 Å². The first kappa shape index (κ1) is 38.7. The van der Waals surface area contributed by atoms with Crippen molar-refractivity contribution >= 4 is 34.9 Å². The molecule has 1 saturated carbocycles. The number of hydrogen-bond donors (Lipinski definition) is 3. The number of nitrogens with zero attached hydrogens (tertiary/aromatic N) is 4. The minimum Gasteiger partial charge on any atom is -0.490 e. The van der Waals surface area contributed by atoms with Crippen LogP contribution in [0.5, 0.6) is 5.75 Å². The number of benzene rings is 1. The summed E-state index contributed by atoms with van der Waals surface area (Å²) in [5.74, 6) is 0.113. The number of halogens is 3. The van der Waals surface area contributed by atoms with Crippen LogP contribution in [-0.4, -0.2) is 69.3 Å². The Labute approximate surface area is 313 Å². The summed E-state index contributed by atoms with van der Waals surface area (Å²) in [6, 6.07) is 13.1. The van der Waals surface area contributed by atoms with Gasteiger partial charge in [-0.3, -0.25) is 19.7 Å². The van der Waals surface area contributed by atoms with Crippen molar-refractivity contribution in [2.75, 3.05) is 30.8 Å². The van der Waals surface area contributed by atoms with Crippen LogP contribution in [0.3, 0.4) is 0 Å². The molecule has 0 radical (unpaired) electrons. The molecule has 1 atom stereocenters. The van der Waals surface area contributed by atoms with E-state index in [9.17, 15) is 27.6 Å². The zero-order valence-electron chi connectivity index (χ0n) is 30.9. The van der Waals surface area contributed by atoms with Gasteiger partial charge in [0, 0.05) is 36.5 Å². The number of imide groups is 1. The summed E-state index contributed by atoms with van der Waals surface area (Å²) in [5.41, 5.74) is 3.07. The lowest BCUT2D eigenvalue weighted by Gasteiger charge is -2.29. The lowest BCUT2D eigenvalue weighted by atomic mass is 9.87. The predicted octanol–water partition coefficient (Wildman–Crippen LogP) is 7.55. The number of piperidine rings is 2. The Hall–Kier alpha value is -4.98. The van der Waals surface area contributed by atoms with Gasteiger partial charge in [-0.1, -0.05) is 37.5 Å². The number of alkyl halides is 3. The maximum Gasteiger partial charge on any atom is 0.433 e. The van der Waals surface area contributed by atoms with Gasteiger partial charge in [0.2, 0.25) is 11.8 Å². The zero-order chi connectivity index (χ0) is 38.4. The summed E-state index contributed by atoms with van der Waals surface area (Å²) in [6.45, 7) is 5.93. The van der Waals surface area contributed by atoms with Gasteiger partial charge in [-0.15, -0.1) is 0 Å². The highest BCUT2D eigenvalue weighted by Crippen LogP contribution is 2.34. The molecule has 2 saturated heterocycles. The largest absolute Gasteiger partial charge is 0.490 e. The summed E-state index contributed by atoms with van der Waals surface area (Å²) < 4.78 is 46.5. The minimum absolute atomic E-state index is 0.178. The molecule has 14 heteroatoms. The number of anilines is 2. The Bertz CT molecular complexity index is 1950. The van der Waals surface area contributed by atoms with Crippen molar-refractivity contribution in [3.8, 4) is 5.75 Å². The van der Waals surface area contributed by atoms with Crippen molar-refractivity contribution < 1.29 is 32.3 Å². The van der Waals surface area contributed by atoms with E-state index in [0.29, 0.717) is 36.1 Å². The monoisotopic (exact) mass is 747 g/mol. The van der Waals surface area contributed by atoms with Gasteiger partial charge in [0.1, 0.15) is 29.0 Å². The minimum atomic E-state index is -4.60. The smallest absolute Gasteiger partial charge is 0.433 e. The standard InChI is InChI=1S/C23H25F3N4O2.C17H23N3O2/c1-14(2)32-18-11-21-27-17(15-7-4-3-5-8-15)13-30(21)12-16(18)22(31)29-20-10-6-9-19(28-20)23(24,25)26;1-20-9-7-12(8-10-20)13-3-2-4-14(11-13)18-15-5-6-16(21)19-17(15)22/h6,9-15H,3-5,7-8H2,1-2H3,(H,28,29,31);2-4,11-12,15,18H,5-10H2,1H3,(H,19,21,22). The fourth-order valence-electron chi connectivity index (χ4n) is 7.26. The van der Waals surface area contributed by atoms with E-state index in [1.165, 1.54) is 49.8 Å². The number of ether oxygens (including phenoxy) is 1. The van der Waals surface area contributed by atoms with E-state index in [1.54, 1.807) is 16.7 Å². The van der Waals surface area contributed by atoms with Crippen molar-refractivity contribution in [1.29, 1.82) is 0 Å². The molecular formula is C40H48F3N7O4. The molecule has 3 fully saturated rings. The highest BCUT2D eigenvalue weighted by molar-refractivity contribution is 6.06. The number of fused-ring (bicyclic) bond motifs is 1. The van der Waals surface area contributed by atoms with Crippen LogP contribution in [0.15, 0.2) is 60.9 Å². The second-order valence-electron chi connectivity index (χ2n) is 14.7. The van der Waals surface area contributed by atoms with E-state index in [-0.39, 0.29) is 35.3 Å². The Morgan fingerprint density at radius 1 is 0.926 bits per heavy atom. The Morgan fingerprint density at radius 2 is 1.67 bits per heavy atom. The molecule has 3 amide bonds. The first-order chi connectivity index (χ1) is 25.8. The molecule has 1 aromatic carbocycles. The summed E-state index contributed by atoms with van der Waals surface area (Å²) in [6.07, 6.45) is 7.82. The third-order valence-electron chi connectivity index (χ3n) is 10.1. The van der Waals surface area contributed by atoms with Crippen LogP contribution in [0.25, 0.3) is 5.65 Å². The number of rotatable bonds is 8. The molecule has 54 heavy (non-hydrogen) atoms. The van der Waals surface area contributed by atoms with E-state index in [1.807, 2.05) is 32.2 Å². The highest BCUT2D eigenvalue weighted by Gasteiger charge is 2.33. The lowest BCUT2D eigenvalue weighted by molar-refractivity contribution is -0.141.